The Labute approximate surface area is 168 Å². The smallest absolute Gasteiger partial charge is 0.254 e. The van der Waals surface area contributed by atoms with E-state index in [9.17, 15) is 4.79 Å². The zero-order valence-corrected chi connectivity index (χ0v) is 21.4. The molecule has 0 aromatic carbocycles. The van der Waals surface area contributed by atoms with Crippen LogP contribution in [0.5, 0.6) is 0 Å². The maximum atomic E-state index is 13.4. The van der Waals surface area contributed by atoms with Crippen LogP contribution >= 0.6 is 0 Å². The molecule has 2 aliphatic rings. The Morgan fingerprint density at radius 1 is 0.963 bits per heavy atom. The lowest BCUT2D eigenvalue weighted by molar-refractivity contribution is -0.135. The molecule has 6 heteroatoms. The van der Waals surface area contributed by atoms with Crippen LogP contribution in [0.15, 0.2) is 12.2 Å². The van der Waals surface area contributed by atoms with Crippen molar-refractivity contribution in [2.75, 3.05) is 6.54 Å². The van der Waals surface area contributed by atoms with Crippen LogP contribution in [0.3, 0.4) is 0 Å². The maximum Gasteiger partial charge on any atom is 0.254 e. The van der Waals surface area contributed by atoms with Gasteiger partial charge in [0.1, 0.15) is 6.10 Å². The van der Waals surface area contributed by atoms with Crippen molar-refractivity contribution in [3.05, 3.63) is 12.2 Å². The molecule has 0 radical (unpaired) electrons. The number of amides is 1. The van der Waals surface area contributed by atoms with Crippen LogP contribution in [0, 0.1) is 0 Å². The molecule has 156 valence electrons. The molecule has 0 saturated carbocycles. The number of nitrogens with zero attached hydrogens (tertiary/aromatic N) is 1. The molecule has 4 nitrogen and oxygen atoms in total. The van der Waals surface area contributed by atoms with Crippen LogP contribution in [-0.4, -0.2) is 51.7 Å². The van der Waals surface area contributed by atoms with E-state index in [1.807, 2.05) is 4.90 Å². The minimum atomic E-state index is -2.10. The van der Waals surface area contributed by atoms with Crippen LogP contribution in [0.2, 0.25) is 36.3 Å². The molecule has 27 heavy (non-hydrogen) atoms. The Kier molecular flexibility index (Phi) is 5.77. The first kappa shape index (κ1) is 22.8. The lowest BCUT2D eigenvalue weighted by Crippen LogP contribution is -2.57. The van der Waals surface area contributed by atoms with Crippen molar-refractivity contribution < 1.29 is 13.6 Å². The second-order valence-electron chi connectivity index (χ2n) is 11.6. The third kappa shape index (κ3) is 4.00. The number of carbonyl (C=O) groups is 1. The molecule has 3 atom stereocenters. The van der Waals surface area contributed by atoms with Gasteiger partial charge in [-0.25, -0.2) is 0 Å². The fraction of sp³-hybridized carbons (Fsp3) is 0.857. The molecule has 0 aromatic rings. The molecule has 1 fully saturated rings. The van der Waals surface area contributed by atoms with E-state index in [0.29, 0.717) is 6.54 Å². The van der Waals surface area contributed by atoms with Crippen molar-refractivity contribution in [3.8, 4) is 0 Å². The van der Waals surface area contributed by atoms with Crippen LogP contribution in [0.4, 0.5) is 0 Å². The highest BCUT2D eigenvalue weighted by atomic mass is 28.4. The molecular weight excluding hydrogens is 370 g/mol. The largest absolute Gasteiger partial charge is 0.408 e. The summed E-state index contributed by atoms with van der Waals surface area (Å²) in [5, 5.41) is 0.142. The summed E-state index contributed by atoms with van der Waals surface area (Å²) in [4.78, 5) is 15.4. The molecule has 1 saturated heterocycles. The predicted octanol–water partition coefficient (Wildman–Crippen LogP) is 5.33. The van der Waals surface area contributed by atoms with E-state index in [1.54, 1.807) is 0 Å². The molecule has 0 aliphatic carbocycles. The van der Waals surface area contributed by atoms with Gasteiger partial charge >= 0.3 is 0 Å². The van der Waals surface area contributed by atoms with Gasteiger partial charge < -0.3 is 13.8 Å². The van der Waals surface area contributed by atoms with Crippen LogP contribution in [-0.2, 0) is 13.6 Å². The van der Waals surface area contributed by atoms with Gasteiger partial charge in [-0.2, -0.15) is 0 Å². The average molecular weight is 412 g/mol. The molecular formula is C21H41NO3Si2. The van der Waals surface area contributed by atoms with Crippen LogP contribution in [0.25, 0.3) is 0 Å². The van der Waals surface area contributed by atoms with Gasteiger partial charge in [0, 0.05) is 6.54 Å². The van der Waals surface area contributed by atoms with Crippen molar-refractivity contribution in [3.63, 3.8) is 0 Å². The number of fused-ring (bicyclic) bond motifs is 1. The standard InChI is InChI=1S/C21H41NO3Si2/c1-19(2,3)26(8,9)24-16-17(25-27(10,11)20(4,5)6)21(7)14-12-13-15-22(21)18(16)23/h12-13,16-17H,14-15H2,1-11H3/t16-,17-,21-/m0/s1. The Bertz CT molecular complexity index is 616. The molecule has 0 unspecified atom stereocenters. The summed E-state index contributed by atoms with van der Waals surface area (Å²) in [6, 6.07) is 0. The Morgan fingerprint density at radius 3 is 1.93 bits per heavy atom. The van der Waals surface area contributed by atoms with Crippen molar-refractivity contribution in [1.82, 2.24) is 4.90 Å². The summed E-state index contributed by atoms with van der Waals surface area (Å²) in [5.74, 6) is 0.107. The van der Waals surface area contributed by atoms with Gasteiger partial charge in [-0.3, -0.25) is 4.79 Å². The van der Waals surface area contributed by atoms with E-state index in [-0.39, 0.29) is 27.6 Å². The number of hydrogen-bond donors (Lipinski definition) is 0. The molecule has 0 aromatic heterocycles. The number of carbonyl (C=O) groups excluding carboxylic acids is 1. The Hall–Kier alpha value is -0.436. The predicted molar refractivity (Wildman–Crippen MR) is 118 cm³/mol. The highest BCUT2D eigenvalue weighted by Gasteiger charge is 2.60. The van der Waals surface area contributed by atoms with Crippen molar-refractivity contribution >= 4 is 22.5 Å². The molecule has 2 rings (SSSR count). The van der Waals surface area contributed by atoms with Gasteiger partial charge in [0.05, 0.1) is 5.54 Å². The third-order valence-electron chi connectivity index (χ3n) is 7.46. The molecule has 0 N–H and O–H groups in total. The van der Waals surface area contributed by atoms with E-state index < -0.39 is 22.7 Å². The minimum absolute atomic E-state index is 0.0526. The molecule has 2 heterocycles. The van der Waals surface area contributed by atoms with Gasteiger partial charge in [-0.05, 0) is 49.6 Å². The van der Waals surface area contributed by atoms with Gasteiger partial charge in [-0.15, -0.1) is 0 Å². The topological polar surface area (TPSA) is 38.8 Å². The quantitative estimate of drug-likeness (QED) is 0.464. The zero-order chi connectivity index (χ0) is 21.1. The fourth-order valence-electron chi connectivity index (χ4n) is 3.33. The Morgan fingerprint density at radius 2 is 1.44 bits per heavy atom. The van der Waals surface area contributed by atoms with Crippen molar-refractivity contribution in [1.29, 1.82) is 0 Å². The number of hydrogen-bond acceptors (Lipinski definition) is 3. The minimum Gasteiger partial charge on any atom is -0.408 e. The van der Waals surface area contributed by atoms with E-state index in [2.05, 4.69) is 86.8 Å². The summed E-state index contributed by atoms with van der Waals surface area (Å²) in [6.07, 6.45) is 4.41. The first-order valence-electron chi connectivity index (χ1n) is 10.3. The summed E-state index contributed by atoms with van der Waals surface area (Å²) in [6.45, 7) is 25.2. The summed E-state index contributed by atoms with van der Waals surface area (Å²) < 4.78 is 13.6. The normalized spacial score (nSPS) is 30.0. The molecule has 0 bridgehead atoms. The lowest BCUT2D eigenvalue weighted by Gasteiger charge is -2.47. The van der Waals surface area contributed by atoms with Gasteiger partial charge in [-0.1, -0.05) is 53.7 Å². The van der Waals surface area contributed by atoms with E-state index in [1.165, 1.54) is 0 Å². The van der Waals surface area contributed by atoms with Crippen LogP contribution in [0.1, 0.15) is 54.9 Å². The summed E-state index contributed by atoms with van der Waals surface area (Å²) in [7, 11) is -4.16. The van der Waals surface area contributed by atoms with Gasteiger partial charge in [0.15, 0.2) is 22.7 Å². The molecule has 2 aliphatic heterocycles. The highest BCUT2D eigenvalue weighted by molar-refractivity contribution is 6.74. The first-order chi connectivity index (χ1) is 11.9. The van der Waals surface area contributed by atoms with E-state index in [0.717, 1.165) is 6.42 Å². The SMILES string of the molecule is CC(C)(C)[Si](C)(C)O[C@@H]1C(=O)N2CC=CC[C@@]2(C)[C@H]1O[Si](C)(C)C(C)(C)C. The summed E-state index contributed by atoms with van der Waals surface area (Å²) in [5.41, 5.74) is -0.325. The highest BCUT2D eigenvalue weighted by Crippen LogP contribution is 2.47. The average Bonchev–Trinajstić information content (AvgIpc) is 2.66. The number of rotatable bonds is 4. The van der Waals surface area contributed by atoms with Crippen molar-refractivity contribution in [2.24, 2.45) is 0 Å². The lowest BCUT2D eigenvalue weighted by atomic mass is 9.89. The molecule has 0 spiro atoms. The monoisotopic (exact) mass is 411 g/mol. The van der Waals surface area contributed by atoms with E-state index >= 15 is 0 Å². The molecule has 1 amide bonds. The second-order valence-corrected chi connectivity index (χ2v) is 21.1. The summed E-state index contributed by atoms with van der Waals surface area (Å²) >= 11 is 0. The van der Waals surface area contributed by atoms with Crippen molar-refractivity contribution in [2.45, 2.75) is 109 Å². The second kappa shape index (κ2) is 6.82. The third-order valence-corrected chi connectivity index (χ3v) is 16.4. The first-order valence-corrected chi connectivity index (χ1v) is 16.1. The fourth-order valence-corrected chi connectivity index (χ4v) is 5.91. The Balaban J connectivity index is 2.45. The van der Waals surface area contributed by atoms with Gasteiger partial charge in [0.25, 0.3) is 5.91 Å². The van der Waals surface area contributed by atoms with E-state index in [4.69, 9.17) is 8.85 Å². The zero-order valence-electron chi connectivity index (χ0n) is 19.4. The van der Waals surface area contributed by atoms with Crippen LogP contribution < -0.4 is 0 Å². The maximum absolute atomic E-state index is 13.4. The van der Waals surface area contributed by atoms with Gasteiger partial charge in [0.2, 0.25) is 0 Å².